The van der Waals surface area contributed by atoms with E-state index in [1.54, 1.807) is 0 Å². The van der Waals surface area contributed by atoms with Gasteiger partial charge in [-0.15, -0.1) is 11.8 Å². The fourth-order valence-electron chi connectivity index (χ4n) is 3.37. The summed E-state index contributed by atoms with van der Waals surface area (Å²) in [5.41, 5.74) is 6.53. The lowest BCUT2D eigenvalue weighted by molar-refractivity contribution is 0.980. The molecule has 1 aliphatic heterocycles. The first kappa shape index (κ1) is 17.4. The molecule has 26 heavy (non-hydrogen) atoms. The molecule has 3 heterocycles. The zero-order valence-corrected chi connectivity index (χ0v) is 16.6. The smallest absolute Gasteiger partial charge is 0.153 e. The lowest BCUT2D eigenvalue weighted by Crippen LogP contribution is -2.11. The van der Waals surface area contributed by atoms with Gasteiger partial charge in [-0.25, -0.2) is 0 Å². The molecule has 3 aromatic rings. The zero-order chi connectivity index (χ0) is 18.3. The molecule has 2 unspecified atom stereocenters. The number of rotatable bonds is 2. The van der Waals surface area contributed by atoms with E-state index >= 15 is 0 Å². The zero-order valence-electron chi connectivity index (χ0n) is 15.0. The monoisotopic (exact) mass is 384 g/mol. The van der Waals surface area contributed by atoms with Crippen molar-refractivity contribution in [1.29, 1.82) is 0 Å². The molecule has 0 amide bonds. The number of aromatic nitrogens is 3. The summed E-state index contributed by atoms with van der Waals surface area (Å²) in [6.07, 6.45) is 0. The van der Waals surface area contributed by atoms with Crippen LogP contribution in [0.4, 0.5) is 5.82 Å². The van der Waals surface area contributed by atoms with Gasteiger partial charge in [0.25, 0.3) is 0 Å². The van der Waals surface area contributed by atoms with E-state index in [0.717, 1.165) is 34.5 Å². The van der Waals surface area contributed by atoms with Crippen LogP contribution in [0.25, 0.3) is 11.4 Å². The van der Waals surface area contributed by atoms with Crippen LogP contribution >= 0.6 is 23.4 Å². The molecule has 4 rings (SSSR count). The quantitative estimate of drug-likeness (QED) is 0.622. The third-order valence-electron chi connectivity index (χ3n) is 4.65. The molecule has 0 bridgehead atoms. The van der Waals surface area contributed by atoms with E-state index in [-0.39, 0.29) is 5.25 Å². The highest BCUT2D eigenvalue weighted by Gasteiger charge is 2.31. The second-order valence-corrected chi connectivity index (χ2v) is 8.72. The van der Waals surface area contributed by atoms with Crippen molar-refractivity contribution in [3.63, 3.8) is 0 Å². The molecule has 0 saturated carbocycles. The fraction of sp³-hybridized carbons (Fsp3) is 0.300. The van der Waals surface area contributed by atoms with Gasteiger partial charge in [0.15, 0.2) is 5.82 Å². The van der Waals surface area contributed by atoms with Crippen LogP contribution in [0.2, 0.25) is 5.02 Å². The summed E-state index contributed by atoms with van der Waals surface area (Å²) in [6.45, 7) is 7.26. The summed E-state index contributed by atoms with van der Waals surface area (Å²) < 4.78 is 0. The topological polar surface area (TPSA) is 53.6 Å². The van der Waals surface area contributed by atoms with E-state index < -0.39 is 0 Å². The van der Waals surface area contributed by atoms with Gasteiger partial charge in [-0.3, -0.25) is 10.1 Å². The van der Waals surface area contributed by atoms with Crippen molar-refractivity contribution in [2.75, 3.05) is 11.9 Å². The third-order valence-corrected chi connectivity index (χ3v) is 6.28. The normalized spacial score (nSPS) is 19.5. The van der Waals surface area contributed by atoms with E-state index in [2.05, 4.69) is 35.4 Å². The summed E-state index contributed by atoms with van der Waals surface area (Å²) in [5, 5.41) is 12.7. The maximum atomic E-state index is 6.19. The van der Waals surface area contributed by atoms with Crippen LogP contribution in [0.1, 0.15) is 34.6 Å². The van der Waals surface area contributed by atoms with Gasteiger partial charge in [0.2, 0.25) is 0 Å². The number of nitrogens with zero attached hydrogens (tertiary/aromatic N) is 2. The molecule has 134 valence electrons. The van der Waals surface area contributed by atoms with E-state index in [4.69, 9.17) is 16.6 Å². The molecule has 0 radical (unpaired) electrons. The van der Waals surface area contributed by atoms with Crippen molar-refractivity contribution < 1.29 is 0 Å². The van der Waals surface area contributed by atoms with Crippen LogP contribution in [0, 0.1) is 13.8 Å². The van der Waals surface area contributed by atoms with Crippen molar-refractivity contribution in [3.05, 3.63) is 63.8 Å². The second-order valence-electron chi connectivity index (χ2n) is 6.73. The van der Waals surface area contributed by atoms with Crippen molar-refractivity contribution in [1.82, 2.24) is 15.2 Å². The Morgan fingerprint density at radius 3 is 2.81 bits per heavy atom. The van der Waals surface area contributed by atoms with E-state index in [9.17, 15) is 0 Å². The Bertz CT molecular complexity index is 953. The number of thioether (sulfide) groups is 1. The van der Waals surface area contributed by atoms with Gasteiger partial charge in [0.1, 0.15) is 0 Å². The molecular weight excluding hydrogens is 364 g/mol. The number of pyridine rings is 1. The van der Waals surface area contributed by atoms with Crippen LogP contribution in [-0.2, 0) is 0 Å². The summed E-state index contributed by atoms with van der Waals surface area (Å²) in [4.78, 5) is 4.71. The number of H-pyrrole nitrogens is 1. The SMILES string of the molecule is Cc1cccc(-c2[nH]nc3c2C(c2ccc(Cl)cc2C)SC(C)CN3)n1. The summed E-state index contributed by atoms with van der Waals surface area (Å²) in [5.74, 6) is 0.916. The second kappa shape index (κ2) is 6.97. The summed E-state index contributed by atoms with van der Waals surface area (Å²) in [6, 6.07) is 12.2. The molecule has 0 aliphatic carbocycles. The standard InChI is InChI=1S/C20H21ClN4S/c1-11-9-14(21)7-8-15(11)19-17-18(16-6-4-5-12(2)23-16)24-25-20(17)22-10-13(3)26-19/h4-9,13,19H,10H2,1-3H3,(H2,22,24,25). The number of anilines is 1. The minimum Gasteiger partial charge on any atom is -0.367 e. The Labute approximate surface area is 162 Å². The molecule has 0 saturated heterocycles. The van der Waals surface area contributed by atoms with Crippen molar-refractivity contribution >= 4 is 29.2 Å². The first-order valence-corrected chi connectivity index (χ1v) is 10.0. The molecule has 6 heteroatoms. The lowest BCUT2D eigenvalue weighted by Gasteiger charge is -2.21. The minimum atomic E-state index is 0.170. The van der Waals surface area contributed by atoms with Gasteiger partial charge < -0.3 is 5.32 Å². The highest BCUT2D eigenvalue weighted by molar-refractivity contribution is 8.00. The Hall–Kier alpha value is -1.98. The molecule has 1 aliphatic rings. The average molecular weight is 385 g/mol. The van der Waals surface area contributed by atoms with Gasteiger partial charge in [0, 0.05) is 28.1 Å². The lowest BCUT2D eigenvalue weighted by atomic mass is 9.98. The molecule has 2 aromatic heterocycles. The minimum absolute atomic E-state index is 0.170. The van der Waals surface area contributed by atoms with Crippen LogP contribution in [-0.4, -0.2) is 27.0 Å². The molecule has 0 fully saturated rings. The van der Waals surface area contributed by atoms with Crippen LogP contribution in [0.5, 0.6) is 0 Å². The van der Waals surface area contributed by atoms with Gasteiger partial charge in [-0.2, -0.15) is 5.10 Å². The summed E-state index contributed by atoms with van der Waals surface area (Å²) >= 11 is 8.14. The number of hydrogen-bond donors (Lipinski definition) is 2. The first-order valence-electron chi connectivity index (χ1n) is 8.70. The van der Waals surface area contributed by atoms with E-state index in [1.807, 2.05) is 49.0 Å². The van der Waals surface area contributed by atoms with E-state index in [1.165, 1.54) is 16.7 Å². The number of benzene rings is 1. The van der Waals surface area contributed by atoms with Gasteiger partial charge >= 0.3 is 0 Å². The Kier molecular flexibility index (Phi) is 4.67. The van der Waals surface area contributed by atoms with Crippen molar-refractivity contribution in [3.8, 4) is 11.4 Å². The Morgan fingerprint density at radius 2 is 2.04 bits per heavy atom. The van der Waals surface area contributed by atoms with Crippen molar-refractivity contribution in [2.45, 2.75) is 31.3 Å². The number of hydrogen-bond acceptors (Lipinski definition) is 4. The number of fused-ring (bicyclic) bond motifs is 1. The molecule has 2 atom stereocenters. The van der Waals surface area contributed by atoms with Crippen LogP contribution < -0.4 is 5.32 Å². The largest absolute Gasteiger partial charge is 0.367 e. The molecule has 2 N–H and O–H groups in total. The molecule has 4 nitrogen and oxygen atoms in total. The number of halogens is 1. The molecule has 1 aromatic carbocycles. The predicted octanol–water partition coefficient (Wildman–Crippen LogP) is 5.38. The van der Waals surface area contributed by atoms with Crippen molar-refractivity contribution in [2.24, 2.45) is 0 Å². The van der Waals surface area contributed by atoms with Crippen LogP contribution in [0.15, 0.2) is 36.4 Å². The van der Waals surface area contributed by atoms with Gasteiger partial charge in [-0.05, 0) is 49.2 Å². The fourth-order valence-corrected chi connectivity index (χ4v) is 5.02. The van der Waals surface area contributed by atoms with Gasteiger partial charge in [-0.1, -0.05) is 30.7 Å². The number of nitrogens with one attached hydrogen (secondary N) is 2. The number of aromatic amines is 1. The highest BCUT2D eigenvalue weighted by Crippen LogP contribution is 2.47. The maximum Gasteiger partial charge on any atom is 0.153 e. The third kappa shape index (κ3) is 3.21. The Morgan fingerprint density at radius 1 is 1.19 bits per heavy atom. The predicted molar refractivity (Wildman–Crippen MR) is 110 cm³/mol. The maximum absolute atomic E-state index is 6.19. The highest BCUT2D eigenvalue weighted by atomic mass is 35.5. The molecule has 0 spiro atoms. The summed E-state index contributed by atoms with van der Waals surface area (Å²) in [7, 11) is 0. The average Bonchev–Trinajstić information content (AvgIpc) is 2.95. The van der Waals surface area contributed by atoms with Gasteiger partial charge in [0.05, 0.1) is 16.6 Å². The Balaban J connectivity index is 1.90. The molecular formula is C20H21ClN4S. The first-order chi connectivity index (χ1) is 12.5. The van der Waals surface area contributed by atoms with E-state index in [0.29, 0.717) is 5.25 Å². The number of aryl methyl sites for hydroxylation is 2. The van der Waals surface area contributed by atoms with Crippen LogP contribution in [0.3, 0.4) is 0 Å².